The van der Waals surface area contributed by atoms with E-state index in [1.807, 2.05) is 5.38 Å². The predicted molar refractivity (Wildman–Crippen MR) is 93.3 cm³/mol. The number of benzene rings is 2. The second kappa shape index (κ2) is 6.31. The van der Waals surface area contributed by atoms with Crippen LogP contribution in [0.2, 0.25) is 0 Å². The van der Waals surface area contributed by atoms with Gasteiger partial charge < -0.3 is 5.32 Å². The van der Waals surface area contributed by atoms with Gasteiger partial charge in [-0.3, -0.25) is 0 Å². The lowest BCUT2D eigenvalue weighted by Gasteiger charge is -2.04. The fraction of sp³-hybridized carbons (Fsp3) is 0.0625. The first kappa shape index (κ1) is 16.6. The normalized spacial score (nSPS) is 11.5. The summed E-state index contributed by atoms with van der Waals surface area (Å²) in [5.41, 5.74) is 2.83. The number of aryl methyl sites for hydroxylation is 1. The first-order valence-corrected chi connectivity index (χ1v) is 9.37. The zero-order chi connectivity index (χ0) is 17.3. The molecule has 0 bridgehead atoms. The molecule has 2 aromatic carbocycles. The van der Waals surface area contributed by atoms with Crippen LogP contribution in [0, 0.1) is 12.7 Å². The van der Waals surface area contributed by atoms with Crippen molar-refractivity contribution in [3.05, 3.63) is 59.2 Å². The standard InChI is InChI=1S/C16H14FN3O2S2/c1-10-8-11(2-7-14(10)17)15-9-23-16(20-15)19-12-3-5-13(6-4-12)24(18,21)22/h2-9H,1H3,(H,19,20)(H2,18,21,22). The molecule has 1 aromatic heterocycles. The molecular formula is C16H14FN3O2S2. The number of anilines is 2. The number of halogens is 1. The molecule has 1 heterocycles. The summed E-state index contributed by atoms with van der Waals surface area (Å²) in [6, 6.07) is 10.9. The fourth-order valence-corrected chi connectivity index (χ4v) is 3.37. The summed E-state index contributed by atoms with van der Waals surface area (Å²) in [6.07, 6.45) is 0. The highest BCUT2D eigenvalue weighted by molar-refractivity contribution is 7.89. The minimum absolute atomic E-state index is 0.0506. The van der Waals surface area contributed by atoms with E-state index in [-0.39, 0.29) is 10.7 Å². The highest BCUT2D eigenvalue weighted by Crippen LogP contribution is 2.28. The lowest BCUT2D eigenvalue weighted by molar-refractivity contribution is 0.598. The molecule has 0 fully saturated rings. The van der Waals surface area contributed by atoms with Crippen LogP contribution in [0.25, 0.3) is 11.3 Å². The number of thiazole rings is 1. The number of nitrogens with zero attached hydrogens (tertiary/aromatic N) is 1. The molecule has 0 radical (unpaired) electrons. The van der Waals surface area contributed by atoms with E-state index < -0.39 is 10.0 Å². The molecule has 3 rings (SSSR count). The van der Waals surface area contributed by atoms with E-state index in [9.17, 15) is 12.8 Å². The Morgan fingerprint density at radius 1 is 1.17 bits per heavy atom. The van der Waals surface area contributed by atoms with E-state index in [4.69, 9.17) is 5.14 Å². The van der Waals surface area contributed by atoms with Crippen LogP contribution in [0.15, 0.2) is 52.7 Å². The Morgan fingerprint density at radius 3 is 2.50 bits per heavy atom. The summed E-state index contributed by atoms with van der Waals surface area (Å²) in [7, 11) is -3.70. The number of hydrogen-bond donors (Lipinski definition) is 2. The van der Waals surface area contributed by atoms with Gasteiger partial charge in [-0.15, -0.1) is 11.3 Å². The summed E-state index contributed by atoms with van der Waals surface area (Å²) < 4.78 is 35.8. The van der Waals surface area contributed by atoms with Gasteiger partial charge in [0.15, 0.2) is 5.13 Å². The Bertz CT molecular complexity index is 983. The summed E-state index contributed by atoms with van der Waals surface area (Å²) in [5.74, 6) is -0.248. The van der Waals surface area contributed by atoms with Gasteiger partial charge in [0.05, 0.1) is 10.6 Å². The number of nitrogens with one attached hydrogen (secondary N) is 1. The minimum Gasteiger partial charge on any atom is -0.332 e. The molecule has 8 heteroatoms. The molecule has 0 aliphatic rings. The van der Waals surface area contributed by atoms with Crippen LogP contribution in [-0.2, 0) is 10.0 Å². The number of hydrogen-bond acceptors (Lipinski definition) is 5. The SMILES string of the molecule is Cc1cc(-c2csc(Nc3ccc(S(N)(=O)=O)cc3)n2)ccc1F. The molecule has 0 atom stereocenters. The van der Waals surface area contributed by atoms with Crippen LogP contribution in [-0.4, -0.2) is 13.4 Å². The Labute approximate surface area is 143 Å². The van der Waals surface area contributed by atoms with E-state index in [2.05, 4.69) is 10.3 Å². The number of sulfonamides is 1. The molecule has 0 amide bonds. The molecular weight excluding hydrogens is 349 g/mol. The predicted octanol–water partition coefficient (Wildman–Crippen LogP) is 3.65. The number of nitrogens with two attached hydrogens (primary N) is 1. The molecule has 3 aromatic rings. The van der Waals surface area contributed by atoms with Crippen molar-refractivity contribution in [1.82, 2.24) is 4.98 Å². The number of rotatable bonds is 4. The maximum absolute atomic E-state index is 13.3. The van der Waals surface area contributed by atoms with Crippen molar-refractivity contribution in [1.29, 1.82) is 0 Å². The van der Waals surface area contributed by atoms with Crippen molar-refractivity contribution in [3.8, 4) is 11.3 Å². The van der Waals surface area contributed by atoms with Crippen molar-refractivity contribution in [3.63, 3.8) is 0 Å². The third-order valence-corrected chi connectivity index (χ3v) is 5.08. The van der Waals surface area contributed by atoms with Gasteiger partial charge in [0.25, 0.3) is 0 Å². The van der Waals surface area contributed by atoms with Gasteiger partial charge in [0, 0.05) is 16.6 Å². The van der Waals surface area contributed by atoms with Crippen molar-refractivity contribution in [2.24, 2.45) is 5.14 Å². The van der Waals surface area contributed by atoms with Crippen LogP contribution in [0.4, 0.5) is 15.2 Å². The van der Waals surface area contributed by atoms with E-state index >= 15 is 0 Å². The Hall–Kier alpha value is -2.29. The van der Waals surface area contributed by atoms with Crippen LogP contribution >= 0.6 is 11.3 Å². The average molecular weight is 363 g/mol. The van der Waals surface area contributed by atoms with E-state index in [0.717, 1.165) is 11.3 Å². The Morgan fingerprint density at radius 2 is 1.88 bits per heavy atom. The van der Waals surface area contributed by atoms with Gasteiger partial charge in [-0.05, 0) is 55.0 Å². The Kier molecular flexibility index (Phi) is 4.35. The highest BCUT2D eigenvalue weighted by atomic mass is 32.2. The monoisotopic (exact) mass is 363 g/mol. The summed E-state index contributed by atoms with van der Waals surface area (Å²) in [4.78, 5) is 4.51. The quantitative estimate of drug-likeness (QED) is 0.741. The molecule has 0 saturated carbocycles. The molecule has 3 N–H and O–H groups in total. The van der Waals surface area contributed by atoms with E-state index in [1.165, 1.54) is 29.5 Å². The Balaban J connectivity index is 1.80. The van der Waals surface area contributed by atoms with Crippen LogP contribution in [0.1, 0.15) is 5.56 Å². The molecule has 0 aliphatic heterocycles. The molecule has 0 saturated heterocycles. The summed E-state index contributed by atoms with van der Waals surface area (Å²) in [6.45, 7) is 1.71. The minimum atomic E-state index is -3.70. The van der Waals surface area contributed by atoms with Gasteiger partial charge in [-0.1, -0.05) is 0 Å². The van der Waals surface area contributed by atoms with Crippen LogP contribution < -0.4 is 10.5 Å². The fourth-order valence-electron chi connectivity index (χ4n) is 2.12. The maximum Gasteiger partial charge on any atom is 0.238 e. The summed E-state index contributed by atoms with van der Waals surface area (Å²) >= 11 is 1.40. The van der Waals surface area contributed by atoms with Crippen molar-refractivity contribution >= 4 is 32.2 Å². The van der Waals surface area contributed by atoms with Crippen molar-refractivity contribution in [2.75, 3.05) is 5.32 Å². The van der Waals surface area contributed by atoms with Gasteiger partial charge >= 0.3 is 0 Å². The van der Waals surface area contributed by atoms with E-state index in [0.29, 0.717) is 16.4 Å². The lowest BCUT2D eigenvalue weighted by Crippen LogP contribution is -2.11. The first-order valence-electron chi connectivity index (χ1n) is 6.95. The zero-order valence-electron chi connectivity index (χ0n) is 12.7. The van der Waals surface area contributed by atoms with Crippen LogP contribution in [0.3, 0.4) is 0 Å². The molecule has 124 valence electrons. The van der Waals surface area contributed by atoms with Gasteiger partial charge in [-0.2, -0.15) is 0 Å². The zero-order valence-corrected chi connectivity index (χ0v) is 14.3. The first-order chi connectivity index (χ1) is 11.3. The van der Waals surface area contributed by atoms with Crippen molar-refractivity contribution in [2.45, 2.75) is 11.8 Å². The van der Waals surface area contributed by atoms with Crippen LogP contribution in [0.5, 0.6) is 0 Å². The van der Waals surface area contributed by atoms with Crippen molar-refractivity contribution < 1.29 is 12.8 Å². The van der Waals surface area contributed by atoms with E-state index in [1.54, 1.807) is 31.2 Å². The molecule has 0 unspecified atom stereocenters. The topological polar surface area (TPSA) is 85.1 Å². The smallest absolute Gasteiger partial charge is 0.238 e. The molecule has 5 nitrogen and oxygen atoms in total. The average Bonchev–Trinajstić information content (AvgIpc) is 2.98. The lowest BCUT2D eigenvalue weighted by atomic mass is 10.1. The second-order valence-electron chi connectivity index (χ2n) is 5.20. The van der Waals surface area contributed by atoms with Gasteiger partial charge in [0.1, 0.15) is 5.82 Å². The largest absolute Gasteiger partial charge is 0.332 e. The van der Waals surface area contributed by atoms with Gasteiger partial charge in [-0.25, -0.2) is 22.9 Å². The molecule has 24 heavy (non-hydrogen) atoms. The maximum atomic E-state index is 13.3. The summed E-state index contributed by atoms with van der Waals surface area (Å²) in [5, 5.41) is 10.7. The second-order valence-corrected chi connectivity index (χ2v) is 7.62. The third-order valence-electron chi connectivity index (χ3n) is 3.39. The number of aromatic nitrogens is 1. The molecule has 0 spiro atoms. The molecule has 0 aliphatic carbocycles. The van der Waals surface area contributed by atoms with Gasteiger partial charge in [0.2, 0.25) is 10.0 Å². The highest BCUT2D eigenvalue weighted by Gasteiger charge is 2.09. The number of primary sulfonamides is 1. The third kappa shape index (κ3) is 3.61.